The maximum Gasteiger partial charge on any atom is 0.310 e. The van der Waals surface area contributed by atoms with Gasteiger partial charge in [-0.3, -0.25) is 4.79 Å². The lowest BCUT2D eigenvalue weighted by atomic mass is 10.1. The third-order valence-electron chi connectivity index (χ3n) is 4.76. The molecular formula is C16H22N2O4S. The summed E-state index contributed by atoms with van der Waals surface area (Å²) in [4.78, 5) is 13.7. The van der Waals surface area contributed by atoms with Crippen molar-refractivity contribution in [1.82, 2.24) is 9.21 Å². The Kier molecular flexibility index (Phi) is 4.44. The van der Waals surface area contributed by atoms with E-state index in [1.165, 1.54) is 4.31 Å². The molecule has 1 aliphatic heterocycles. The normalized spacial score (nSPS) is 22.4. The van der Waals surface area contributed by atoms with Crippen molar-refractivity contribution in [3.8, 4) is 0 Å². The molecule has 0 unspecified atom stereocenters. The molecule has 1 aromatic rings. The zero-order chi connectivity index (χ0) is 16.5. The van der Waals surface area contributed by atoms with Crippen molar-refractivity contribution in [2.45, 2.75) is 24.2 Å². The van der Waals surface area contributed by atoms with Crippen LogP contribution >= 0.6 is 0 Å². The molecule has 0 spiro atoms. The molecule has 1 saturated heterocycles. The molecule has 0 radical (unpaired) electrons. The van der Waals surface area contributed by atoms with E-state index in [-0.39, 0.29) is 0 Å². The van der Waals surface area contributed by atoms with E-state index < -0.39 is 21.4 Å². The lowest BCUT2D eigenvalue weighted by Crippen LogP contribution is -2.38. The number of carboxylic acid groups (broad SMARTS) is 1. The van der Waals surface area contributed by atoms with Gasteiger partial charge in [-0.25, -0.2) is 8.42 Å². The van der Waals surface area contributed by atoms with Crippen molar-refractivity contribution in [3.63, 3.8) is 0 Å². The van der Waals surface area contributed by atoms with Crippen LogP contribution in [0.2, 0.25) is 0 Å². The minimum absolute atomic E-state index is 0.317. The second-order valence-corrected chi connectivity index (χ2v) is 8.37. The molecule has 126 valence electrons. The Morgan fingerprint density at radius 1 is 1.09 bits per heavy atom. The number of rotatable bonds is 5. The van der Waals surface area contributed by atoms with Crippen molar-refractivity contribution < 1.29 is 18.3 Å². The van der Waals surface area contributed by atoms with Crippen LogP contribution in [-0.4, -0.2) is 61.4 Å². The third-order valence-corrected chi connectivity index (χ3v) is 6.67. The Bertz CT molecular complexity index is 671. The monoisotopic (exact) mass is 338 g/mol. The van der Waals surface area contributed by atoms with Gasteiger partial charge in [0.25, 0.3) is 0 Å². The zero-order valence-electron chi connectivity index (χ0n) is 13.0. The summed E-state index contributed by atoms with van der Waals surface area (Å²) in [5, 5.41) is 9.30. The number of aliphatic carboxylic acids is 1. The molecule has 1 N–H and O–H groups in total. The summed E-state index contributed by atoms with van der Waals surface area (Å²) in [6.07, 6.45) is 2.18. The van der Waals surface area contributed by atoms with E-state index in [0.29, 0.717) is 31.1 Å². The highest BCUT2D eigenvalue weighted by Crippen LogP contribution is 2.46. The molecule has 0 amide bonds. The summed E-state index contributed by atoms with van der Waals surface area (Å²) >= 11 is 0. The molecule has 23 heavy (non-hydrogen) atoms. The molecule has 2 aliphatic rings. The largest absolute Gasteiger partial charge is 0.481 e. The molecule has 7 heteroatoms. The fourth-order valence-corrected chi connectivity index (χ4v) is 4.60. The van der Waals surface area contributed by atoms with E-state index in [1.807, 2.05) is 0 Å². The molecule has 1 aliphatic carbocycles. The van der Waals surface area contributed by atoms with Crippen LogP contribution in [0.4, 0.5) is 0 Å². The Balaban J connectivity index is 1.66. The molecule has 2 fully saturated rings. The lowest BCUT2D eigenvalue weighted by molar-refractivity contribution is -0.144. The lowest BCUT2D eigenvalue weighted by Gasteiger charge is -2.24. The average molecular weight is 338 g/mol. The van der Waals surface area contributed by atoms with Gasteiger partial charge in [-0.2, -0.15) is 4.31 Å². The first-order chi connectivity index (χ1) is 10.9. The fourth-order valence-electron chi connectivity index (χ4n) is 3.11. The molecule has 1 heterocycles. The molecule has 0 atom stereocenters. The van der Waals surface area contributed by atoms with E-state index in [4.69, 9.17) is 0 Å². The van der Waals surface area contributed by atoms with Gasteiger partial charge in [-0.05, 0) is 37.9 Å². The minimum Gasteiger partial charge on any atom is -0.481 e. The fraction of sp³-hybridized carbons (Fsp3) is 0.562. The van der Waals surface area contributed by atoms with Gasteiger partial charge in [0.15, 0.2) is 0 Å². The minimum atomic E-state index is -3.46. The molecule has 1 aromatic carbocycles. The number of carbonyl (C=O) groups is 1. The van der Waals surface area contributed by atoms with Crippen LogP contribution in [0, 0.1) is 5.41 Å². The third kappa shape index (κ3) is 3.41. The number of nitrogens with zero attached hydrogens (tertiary/aromatic N) is 2. The molecular weight excluding hydrogens is 316 g/mol. The maximum atomic E-state index is 12.7. The second-order valence-electron chi connectivity index (χ2n) is 6.43. The molecule has 0 aromatic heterocycles. The quantitative estimate of drug-likeness (QED) is 0.874. The summed E-state index contributed by atoms with van der Waals surface area (Å²) in [7, 11) is -3.46. The summed E-state index contributed by atoms with van der Waals surface area (Å²) < 4.78 is 26.8. The number of carboxylic acids is 1. The van der Waals surface area contributed by atoms with E-state index in [0.717, 1.165) is 25.8 Å². The van der Waals surface area contributed by atoms with Gasteiger partial charge in [-0.1, -0.05) is 18.2 Å². The predicted octanol–water partition coefficient (Wildman–Crippen LogP) is 1.25. The van der Waals surface area contributed by atoms with E-state index in [9.17, 15) is 18.3 Å². The highest BCUT2D eigenvalue weighted by atomic mass is 32.2. The summed E-state index contributed by atoms with van der Waals surface area (Å²) in [5.41, 5.74) is -0.590. The van der Waals surface area contributed by atoms with Gasteiger partial charge in [0, 0.05) is 26.2 Å². The number of hydrogen-bond donors (Lipinski definition) is 1. The second kappa shape index (κ2) is 6.22. The Morgan fingerprint density at radius 2 is 1.78 bits per heavy atom. The Labute approximate surface area is 136 Å². The van der Waals surface area contributed by atoms with Gasteiger partial charge in [0.2, 0.25) is 10.0 Å². The molecule has 3 rings (SSSR count). The standard InChI is InChI=1S/C16H22N2O4S/c19-15(20)16(7-8-16)13-17-9-4-10-18(12-11-17)23(21,22)14-5-2-1-3-6-14/h1-3,5-6H,4,7-13H2,(H,19,20). The van der Waals surface area contributed by atoms with Crippen LogP contribution in [0.1, 0.15) is 19.3 Å². The van der Waals surface area contributed by atoms with Crippen molar-refractivity contribution in [2.24, 2.45) is 5.41 Å². The Morgan fingerprint density at radius 3 is 2.39 bits per heavy atom. The van der Waals surface area contributed by atoms with Crippen LogP contribution in [0.3, 0.4) is 0 Å². The first-order valence-corrected chi connectivity index (χ1v) is 9.39. The number of hydrogen-bond acceptors (Lipinski definition) is 4. The smallest absolute Gasteiger partial charge is 0.310 e. The average Bonchev–Trinajstić information content (AvgIpc) is 3.34. The topological polar surface area (TPSA) is 77.9 Å². The number of benzene rings is 1. The van der Waals surface area contributed by atoms with Gasteiger partial charge >= 0.3 is 5.97 Å². The van der Waals surface area contributed by atoms with Crippen LogP contribution in [0.5, 0.6) is 0 Å². The highest BCUT2D eigenvalue weighted by molar-refractivity contribution is 7.89. The molecule has 1 saturated carbocycles. The van der Waals surface area contributed by atoms with Crippen LogP contribution in [-0.2, 0) is 14.8 Å². The molecule has 0 bridgehead atoms. The maximum absolute atomic E-state index is 12.7. The predicted molar refractivity (Wildman–Crippen MR) is 85.6 cm³/mol. The van der Waals surface area contributed by atoms with Crippen molar-refractivity contribution in [1.29, 1.82) is 0 Å². The SMILES string of the molecule is O=C(O)C1(CN2CCCN(S(=O)(=O)c3ccccc3)CC2)CC1. The Hall–Kier alpha value is -1.44. The van der Waals surface area contributed by atoms with Crippen molar-refractivity contribution >= 4 is 16.0 Å². The first-order valence-electron chi connectivity index (χ1n) is 7.95. The van der Waals surface area contributed by atoms with Crippen molar-refractivity contribution in [2.75, 3.05) is 32.7 Å². The van der Waals surface area contributed by atoms with Crippen LogP contribution < -0.4 is 0 Å². The van der Waals surface area contributed by atoms with E-state index in [2.05, 4.69) is 4.90 Å². The van der Waals surface area contributed by atoms with E-state index in [1.54, 1.807) is 30.3 Å². The summed E-state index contributed by atoms with van der Waals surface area (Å²) in [6, 6.07) is 8.47. The van der Waals surface area contributed by atoms with Crippen molar-refractivity contribution in [3.05, 3.63) is 30.3 Å². The van der Waals surface area contributed by atoms with Crippen LogP contribution in [0.15, 0.2) is 35.2 Å². The first kappa shape index (κ1) is 16.4. The zero-order valence-corrected chi connectivity index (χ0v) is 13.8. The van der Waals surface area contributed by atoms with Gasteiger partial charge in [-0.15, -0.1) is 0 Å². The van der Waals surface area contributed by atoms with Gasteiger partial charge in [0.1, 0.15) is 0 Å². The number of sulfonamides is 1. The van der Waals surface area contributed by atoms with Crippen LogP contribution in [0.25, 0.3) is 0 Å². The summed E-state index contributed by atoms with van der Waals surface area (Å²) in [6.45, 7) is 2.75. The summed E-state index contributed by atoms with van der Waals surface area (Å²) in [5.74, 6) is -0.726. The van der Waals surface area contributed by atoms with E-state index >= 15 is 0 Å². The van der Waals surface area contributed by atoms with Gasteiger partial charge < -0.3 is 10.0 Å². The highest BCUT2D eigenvalue weighted by Gasteiger charge is 2.51. The van der Waals surface area contributed by atoms with Gasteiger partial charge in [0.05, 0.1) is 10.3 Å². The molecule has 6 nitrogen and oxygen atoms in total.